The first-order valence-corrected chi connectivity index (χ1v) is 16.7. The summed E-state index contributed by atoms with van der Waals surface area (Å²) in [4.78, 5) is 29.2. The second-order valence-electron chi connectivity index (χ2n) is 11.7. The number of amides is 1. The third-order valence-corrected chi connectivity index (χ3v) is 11.2. The van der Waals surface area contributed by atoms with Crippen LogP contribution in [-0.4, -0.2) is 109 Å². The Balaban J connectivity index is 1.10. The van der Waals surface area contributed by atoms with Crippen molar-refractivity contribution in [3.63, 3.8) is 0 Å². The zero-order valence-electron chi connectivity index (χ0n) is 24.7. The van der Waals surface area contributed by atoms with E-state index >= 15 is 0 Å². The minimum absolute atomic E-state index is 0.0207. The summed E-state index contributed by atoms with van der Waals surface area (Å²) in [5.41, 5.74) is 2.56. The quantitative estimate of drug-likeness (QED) is 0.481. The number of likely N-dealkylation sites (tertiary alicyclic amines) is 2. The van der Waals surface area contributed by atoms with Crippen LogP contribution in [0.25, 0.3) is 0 Å². The molecule has 1 N–H and O–H groups in total. The molecule has 1 aromatic carbocycles. The maximum Gasteiger partial charge on any atom is 0.272 e. The molecule has 41 heavy (non-hydrogen) atoms. The van der Waals surface area contributed by atoms with Crippen molar-refractivity contribution in [3.05, 3.63) is 47.9 Å². The van der Waals surface area contributed by atoms with Gasteiger partial charge in [-0.25, -0.2) is 22.7 Å². The van der Waals surface area contributed by atoms with E-state index in [2.05, 4.69) is 49.4 Å². The highest BCUT2D eigenvalue weighted by Gasteiger charge is 2.34. The van der Waals surface area contributed by atoms with Gasteiger partial charge in [0, 0.05) is 63.1 Å². The van der Waals surface area contributed by atoms with Crippen LogP contribution in [0.1, 0.15) is 55.1 Å². The van der Waals surface area contributed by atoms with Crippen LogP contribution in [0.2, 0.25) is 0 Å². The normalized spacial score (nSPS) is 21.5. The summed E-state index contributed by atoms with van der Waals surface area (Å²) in [6.45, 7) is 9.72. The molecule has 1 amide bonds. The van der Waals surface area contributed by atoms with Crippen molar-refractivity contribution < 1.29 is 13.2 Å². The Labute approximate surface area is 245 Å². The predicted molar refractivity (Wildman–Crippen MR) is 163 cm³/mol. The number of rotatable bonds is 9. The Morgan fingerprint density at radius 1 is 1.00 bits per heavy atom. The Morgan fingerprint density at radius 3 is 2.39 bits per heavy atom. The van der Waals surface area contributed by atoms with Gasteiger partial charge in [-0.05, 0) is 77.1 Å². The molecule has 0 spiro atoms. The molecular formula is C30H45N7O3S. The number of benzene rings is 1. The zero-order valence-corrected chi connectivity index (χ0v) is 25.5. The van der Waals surface area contributed by atoms with Crippen LogP contribution in [-0.2, 0) is 10.0 Å². The molecule has 5 rings (SSSR count). The molecule has 224 valence electrons. The summed E-state index contributed by atoms with van der Waals surface area (Å²) < 4.78 is 26.1. The lowest BCUT2D eigenvalue weighted by Crippen LogP contribution is -2.52. The number of carbonyl (C=O) groups excluding carboxylic acids is 1. The van der Waals surface area contributed by atoms with Crippen LogP contribution in [0.5, 0.6) is 0 Å². The second kappa shape index (κ2) is 13.0. The smallest absolute Gasteiger partial charge is 0.272 e. The van der Waals surface area contributed by atoms with E-state index in [1.807, 2.05) is 17.9 Å². The lowest BCUT2D eigenvalue weighted by molar-refractivity contribution is 0.0542. The first-order chi connectivity index (χ1) is 19.8. The first-order valence-electron chi connectivity index (χ1n) is 15.1. The number of nitrogens with zero attached hydrogens (tertiary/aromatic N) is 6. The van der Waals surface area contributed by atoms with Crippen LogP contribution >= 0.6 is 0 Å². The van der Waals surface area contributed by atoms with Crippen molar-refractivity contribution in [1.82, 2.24) is 24.1 Å². The second-order valence-corrected chi connectivity index (χ2v) is 14.0. The number of nitrogens with one attached hydrogen (secondary N) is 1. The van der Waals surface area contributed by atoms with Crippen LogP contribution in [0.15, 0.2) is 36.7 Å². The molecule has 3 aliphatic heterocycles. The Bertz CT molecular complexity index is 1280. The lowest BCUT2D eigenvalue weighted by atomic mass is 9.97. The highest BCUT2D eigenvalue weighted by Crippen LogP contribution is 2.27. The largest absolute Gasteiger partial charge is 0.371 e. The fraction of sp³-hybridized carbons (Fsp3) is 0.633. The van der Waals surface area contributed by atoms with E-state index in [1.165, 1.54) is 12.0 Å². The van der Waals surface area contributed by atoms with Gasteiger partial charge in [0.05, 0.1) is 5.75 Å². The van der Waals surface area contributed by atoms with E-state index in [0.29, 0.717) is 30.7 Å². The maximum atomic E-state index is 13.5. The minimum Gasteiger partial charge on any atom is -0.371 e. The lowest BCUT2D eigenvalue weighted by Gasteiger charge is -2.43. The molecular weight excluding hydrogens is 538 g/mol. The highest BCUT2D eigenvalue weighted by molar-refractivity contribution is 7.89. The van der Waals surface area contributed by atoms with Crippen molar-refractivity contribution in [2.24, 2.45) is 5.92 Å². The topological polar surface area (TPSA) is 102 Å². The SMILES string of the molecule is CCS(=O)(=O)N(C)C1CCN(C2CCN(C(=O)c3ncnc(NC[C@H]4CCN(c5ccccc5)C4)c3C)CC2)CC1. The van der Waals surface area contributed by atoms with Crippen molar-refractivity contribution >= 4 is 27.4 Å². The van der Waals surface area contributed by atoms with Gasteiger partial charge in [-0.3, -0.25) is 4.79 Å². The number of para-hydroxylation sites is 1. The molecule has 0 aliphatic carbocycles. The van der Waals surface area contributed by atoms with Crippen molar-refractivity contribution in [1.29, 1.82) is 0 Å². The fourth-order valence-electron chi connectivity index (χ4n) is 6.59. The van der Waals surface area contributed by atoms with Crippen LogP contribution in [0, 0.1) is 12.8 Å². The first kappa shape index (κ1) is 29.7. The average molecular weight is 584 g/mol. The van der Waals surface area contributed by atoms with E-state index in [0.717, 1.165) is 76.2 Å². The molecule has 4 heterocycles. The van der Waals surface area contributed by atoms with Crippen LogP contribution in [0.3, 0.4) is 0 Å². The molecule has 0 bridgehead atoms. The summed E-state index contributed by atoms with van der Waals surface area (Å²) in [6.07, 6.45) is 6.19. The molecule has 3 aliphatic rings. The molecule has 0 unspecified atom stereocenters. The van der Waals surface area contributed by atoms with Gasteiger partial charge in [-0.1, -0.05) is 18.2 Å². The maximum absolute atomic E-state index is 13.5. The third kappa shape index (κ3) is 6.84. The number of aromatic nitrogens is 2. The third-order valence-electron chi connectivity index (χ3n) is 9.34. The average Bonchev–Trinajstić information content (AvgIpc) is 3.50. The zero-order chi connectivity index (χ0) is 29.0. The summed E-state index contributed by atoms with van der Waals surface area (Å²) >= 11 is 0. The van der Waals surface area contributed by atoms with Gasteiger partial charge in [0.25, 0.3) is 5.91 Å². The van der Waals surface area contributed by atoms with Gasteiger partial charge in [0.1, 0.15) is 17.8 Å². The van der Waals surface area contributed by atoms with Gasteiger partial charge < -0.3 is 20.0 Å². The summed E-state index contributed by atoms with van der Waals surface area (Å²) in [5.74, 6) is 1.39. The molecule has 2 aromatic rings. The number of anilines is 2. The molecule has 11 heteroatoms. The van der Waals surface area contributed by atoms with Gasteiger partial charge >= 0.3 is 0 Å². The van der Waals surface area contributed by atoms with Gasteiger partial charge in [-0.2, -0.15) is 0 Å². The molecule has 1 aromatic heterocycles. The summed E-state index contributed by atoms with van der Waals surface area (Å²) in [7, 11) is -1.44. The summed E-state index contributed by atoms with van der Waals surface area (Å²) in [6, 6.07) is 11.0. The van der Waals surface area contributed by atoms with Gasteiger partial charge in [0.2, 0.25) is 10.0 Å². The van der Waals surface area contributed by atoms with Crippen molar-refractivity contribution in [2.45, 2.75) is 58.0 Å². The van der Waals surface area contributed by atoms with Crippen LogP contribution in [0.4, 0.5) is 11.5 Å². The van der Waals surface area contributed by atoms with Gasteiger partial charge in [-0.15, -0.1) is 0 Å². The Morgan fingerprint density at radius 2 is 1.71 bits per heavy atom. The Kier molecular flexibility index (Phi) is 9.45. The molecule has 0 radical (unpaired) electrons. The van der Waals surface area contributed by atoms with Crippen molar-refractivity contribution in [2.75, 3.05) is 68.8 Å². The molecule has 0 saturated carbocycles. The van der Waals surface area contributed by atoms with Crippen molar-refractivity contribution in [3.8, 4) is 0 Å². The molecule has 10 nitrogen and oxygen atoms in total. The van der Waals surface area contributed by atoms with E-state index < -0.39 is 10.0 Å². The monoisotopic (exact) mass is 583 g/mol. The number of carbonyl (C=O) groups is 1. The number of hydrogen-bond donors (Lipinski definition) is 1. The van der Waals surface area contributed by atoms with E-state index in [-0.39, 0.29) is 17.7 Å². The number of sulfonamides is 1. The predicted octanol–water partition coefficient (Wildman–Crippen LogP) is 3.07. The Hall–Kier alpha value is -2.76. The number of hydrogen-bond acceptors (Lipinski definition) is 8. The molecule has 3 saturated heterocycles. The number of piperidine rings is 2. The van der Waals surface area contributed by atoms with Gasteiger partial charge in [0.15, 0.2) is 0 Å². The molecule has 1 atom stereocenters. The van der Waals surface area contributed by atoms with E-state index in [4.69, 9.17) is 0 Å². The molecule has 3 fully saturated rings. The standard InChI is InChI=1S/C30H45N7O3S/c1-4-41(39,40)34(3)25-11-16-35(17-12-25)27-13-18-36(19-14-27)30(38)28-23(2)29(33-22-32-28)31-20-24-10-15-37(21-24)26-8-6-5-7-9-26/h5-9,22,24-25,27H,4,10-21H2,1-3H3,(H,31,32,33)/t24-/m1/s1. The summed E-state index contributed by atoms with van der Waals surface area (Å²) in [5, 5.41) is 3.50. The van der Waals surface area contributed by atoms with E-state index in [9.17, 15) is 13.2 Å². The highest BCUT2D eigenvalue weighted by atomic mass is 32.2. The van der Waals surface area contributed by atoms with E-state index in [1.54, 1.807) is 18.3 Å². The minimum atomic E-state index is -3.16. The van der Waals surface area contributed by atoms with Crippen LogP contribution < -0.4 is 10.2 Å². The fourth-order valence-corrected chi connectivity index (χ4v) is 7.66.